The van der Waals surface area contributed by atoms with Gasteiger partial charge in [0.15, 0.2) is 0 Å². The molecule has 0 bridgehead atoms. The van der Waals surface area contributed by atoms with Gasteiger partial charge in [0.2, 0.25) is 5.91 Å². The second-order valence-electron chi connectivity index (χ2n) is 2.15. The van der Waals surface area contributed by atoms with Crippen molar-refractivity contribution in [1.82, 2.24) is 5.32 Å². The first kappa shape index (κ1) is 19.9. The number of hydrogen-bond acceptors (Lipinski definition) is 5. The summed E-state index contributed by atoms with van der Waals surface area (Å²) < 4.78 is 0. The minimum atomic E-state index is -1.64. The summed E-state index contributed by atoms with van der Waals surface area (Å²) in [5.41, 5.74) is 0. The Labute approximate surface area is 125 Å². The van der Waals surface area contributed by atoms with Crippen molar-refractivity contribution in [2.75, 3.05) is 0 Å². The van der Waals surface area contributed by atoms with Crippen molar-refractivity contribution >= 4 is 17.8 Å². The molecule has 0 aliphatic carbocycles. The Morgan fingerprint density at radius 1 is 1.21 bits per heavy atom. The summed E-state index contributed by atoms with van der Waals surface area (Å²) in [4.78, 5) is 30.4. The summed E-state index contributed by atoms with van der Waals surface area (Å²) in [5, 5.41) is 22.0. The van der Waals surface area contributed by atoms with Gasteiger partial charge in [-0.3, -0.25) is 4.79 Å². The van der Waals surface area contributed by atoms with E-state index in [-0.39, 0.29) is 59.1 Å². The molecule has 0 heterocycles. The Morgan fingerprint density at radius 2 is 1.64 bits per heavy atom. The topological polar surface area (TPSA) is 109 Å². The van der Waals surface area contributed by atoms with Crippen LogP contribution in [0.5, 0.6) is 0 Å². The monoisotopic (exact) mass is 219 g/mol. The minimum Gasteiger partial charge on any atom is -0.550 e. The van der Waals surface area contributed by atoms with Gasteiger partial charge in [-0.05, 0) is 0 Å². The first-order chi connectivity index (χ1) is 5.43. The molecule has 0 saturated carbocycles. The molecule has 1 atom stereocenters. The normalized spacial score (nSPS) is 10.1. The molecule has 0 radical (unpaired) electrons. The van der Waals surface area contributed by atoms with Crippen LogP contribution in [0.4, 0.5) is 0 Å². The van der Waals surface area contributed by atoms with Crippen molar-refractivity contribution < 1.29 is 83.7 Å². The Kier molecular flexibility index (Phi) is 14.1. The summed E-state index contributed by atoms with van der Waals surface area (Å²) in [6.45, 7) is 1.07. The van der Waals surface area contributed by atoms with E-state index in [1.165, 1.54) is 0 Å². The first-order valence-electron chi connectivity index (χ1n) is 3.11. The van der Waals surface area contributed by atoms with Gasteiger partial charge in [-0.15, -0.1) is 0 Å². The van der Waals surface area contributed by atoms with Crippen LogP contribution in [0, 0.1) is 0 Å². The van der Waals surface area contributed by atoms with E-state index >= 15 is 0 Å². The number of rotatable bonds is 4. The van der Waals surface area contributed by atoms with Crippen LogP contribution >= 0.6 is 0 Å². The standard InChI is InChI=1S/C6H9NO5.2Na/c1-3(8)7-4(6(11)12)2-5(9)10;;/h4H,2H2,1H3,(H,7,8)(H,9,10)(H,11,12);;/q;2*+1/p-2/t4-;;/m0../s1. The Hall–Kier alpha value is 0.410. The summed E-state index contributed by atoms with van der Waals surface area (Å²) in [6, 6.07) is -1.52. The number of nitrogens with one attached hydrogen (secondary N) is 1. The van der Waals surface area contributed by atoms with Gasteiger partial charge in [-0.2, -0.15) is 0 Å². The molecule has 1 amide bonds. The predicted octanol–water partition coefficient (Wildman–Crippen LogP) is -9.61. The fourth-order valence-corrected chi connectivity index (χ4v) is 0.605. The molecule has 0 aliphatic rings. The third-order valence-corrected chi connectivity index (χ3v) is 1.03. The van der Waals surface area contributed by atoms with Gasteiger partial charge >= 0.3 is 59.1 Å². The van der Waals surface area contributed by atoms with Gasteiger partial charge in [0.05, 0.1) is 12.0 Å². The smallest absolute Gasteiger partial charge is 0.550 e. The molecule has 0 spiro atoms. The van der Waals surface area contributed by atoms with E-state index in [1.54, 1.807) is 0 Å². The minimum absolute atomic E-state index is 0. The van der Waals surface area contributed by atoms with E-state index in [1.807, 2.05) is 5.32 Å². The van der Waals surface area contributed by atoms with Crippen molar-refractivity contribution in [3.8, 4) is 0 Å². The van der Waals surface area contributed by atoms with Crippen LogP contribution < -0.4 is 74.6 Å². The zero-order chi connectivity index (χ0) is 9.72. The molecule has 68 valence electrons. The van der Waals surface area contributed by atoms with Crippen molar-refractivity contribution in [3.05, 3.63) is 0 Å². The van der Waals surface area contributed by atoms with E-state index < -0.39 is 30.3 Å². The summed E-state index contributed by atoms with van der Waals surface area (Å²) >= 11 is 0. The molecule has 0 aliphatic heterocycles. The number of amides is 1. The van der Waals surface area contributed by atoms with Gasteiger partial charge in [0, 0.05) is 19.3 Å². The average molecular weight is 219 g/mol. The maximum Gasteiger partial charge on any atom is 1.00 e. The maximum atomic E-state index is 10.3. The Balaban J connectivity index is -0.000000605. The van der Waals surface area contributed by atoms with Crippen LogP contribution in [0.2, 0.25) is 0 Å². The fourth-order valence-electron chi connectivity index (χ4n) is 0.605. The van der Waals surface area contributed by atoms with Crippen molar-refractivity contribution in [3.63, 3.8) is 0 Å². The molecule has 0 fully saturated rings. The van der Waals surface area contributed by atoms with Crippen LogP contribution in [0.1, 0.15) is 13.3 Å². The zero-order valence-corrected chi connectivity index (χ0v) is 12.3. The van der Waals surface area contributed by atoms with Gasteiger partial charge in [-0.1, -0.05) is 0 Å². The molecule has 0 aromatic carbocycles. The van der Waals surface area contributed by atoms with Crippen LogP contribution in [0.3, 0.4) is 0 Å². The SMILES string of the molecule is CC(=O)N[C@@H](CC(=O)[O-])C(=O)[O-].[Na+].[Na+]. The van der Waals surface area contributed by atoms with Gasteiger partial charge < -0.3 is 25.1 Å². The molecule has 0 rings (SSSR count). The van der Waals surface area contributed by atoms with Crippen LogP contribution in [0.25, 0.3) is 0 Å². The van der Waals surface area contributed by atoms with Gasteiger partial charge in [0.25, 0.3) is 0 Å². The van der Waals surface area contributed by atoms with Crippen LogP contribution in [-0.4, -0.2) is 23.9 Å². The molecule has 14 heavy (non-hydrogen) atoms. The van der Waals surface area contributed by atoms with E-state index in [9.17, 15) is 24.6 Å². The van der Waals surface area contributed by atoms with Crippen molar-refractivity contribution in [1.29, 1.82) is 0 Å². The Morgan fingerprint density at radius 3 is 1.86 bits per heavy atom. The van der Waals surface area contributed by atoms with E-state index in [4.69, 9.17) is 0 Å². The van der Waals surface area contributed by atoms with E-state index in [2.05, 4.69) is 0 Å². The van der Waals surface area contributed by atoms with E-state index in [0.717, 1.165) is 6.92 Å². The molecule has 8 heteroatoms. The number of carbonyl (C=O) groups excluding carboxylic acids is 3. The second-order valence-corrected chi connectivity index (χ2v) is 2.15. The molecule has 1 N–H and O–H groups in total. The first-order valence-corrected chi connectivity index (χ1v) is 3.11. The third kappa shape index (κ3) is 10.5. The number of hydrogen-bond donors (Lipinski definition) is 1. The molecule has 0 saturated heterocycles. The predicted molar refractivity (Wildman–Crippen MR) is 32.2 cm³/mol. The molecular weight excluding hydrogens is 212 g/mol. The molecule has 6 nitrogen and oxygen atoms in total. The maximum absolute atomic E-state index is 10.3. The Bertz CT molecular complexity index is 204. The summed E-state index contributed by atoms with van der Waals surface area (Å²) in [6.07, 6.45) is -0.790. The number of carbonyl (C=O) groups is 3. The number of aliphatic carboxylic acids is 2. The van der Waals surface area contributed by atoms with E-state index in [0.29, 0.717) is 0 Å². The number of carboxylic acids is 2. The van der Waals surface area contributed by atoms with Gasteiger partial charge in [-0.25, -0.2) is 0 Å². The third-order valence-electron chi connectivity index (χ3n) is 1.03. The molecule has 0 aromatic rings. The quantitative estimate of drug-likeness (QED) is 0.472. The largest absolute Gasteiger partial charge is 1.00 e. The average Bonchev–Trinajstić information content (AvgIpc) is 1.83. The van der Waals surface area contributed by atoms with Crippen LogP contribution in [0.15, 0.2) is 0 Å². The number of carboxylic acid groups (broad SMARTS) is 2. The summed E-state index contributed by atoms with van der Waals surface area (Å²) in [5.74, 6) is -3.84. The van der Waals surface area contributed by atoms with Gasteiger partial charge in [0.1, 0.15) is 0 Å². The summed E-state index contributed by atoms with van der Waals surface area (Å²) in [7, 11) is 0. The molecule has 0 aromatic heterocycles. The fraction of sp³-hybridized carbons (Fsp3) is 0.500. The van der Waals surface area contributed by atoms with Crippen molar-refractivity contribution in [2.45, 2.75) is 19.4 Å². The molecule has 0 unspecified atom stereocenters. The second kappa shape index (κ2) is 9.95. The zero-order valence-electron chi connectivity index (χ0n) is 8.33. The van der Waals surface area contributed by atoms with Crippen molar-refractivity contribution in [2.24, 2.45) is 0 Å². The molecular formula is C6H7NNa2O5. The van der Waals surface area contributed by atoms with Crippen LogP contribution in [-0.2, 0) is 14.4 Å².